The quantitative estimate of drug-likeness (QED) is 0.852. The van der Waals surface area contributed by atoms with Crippen LogP contribution in [0.15, 0.2) is 16.5 Å². The van der Waals surface area contributed by atoms with Gasteiger partial charge < -0.3 is 14.5 Å². The summed E-state index contributed by atoms with van der Waals surface area (Å²) in [4.78, 5) is 11.8. The van der Waals surface area contributed by atoms with Gasteiger partial charge in [-0.05, 0) is 38.8 Å². The van der Waals surface area contributed by atoms with Crippen molar-refractivity contribution in [2.24, 2.45) is 0 Å². The Hall–Kier alpha value is -1.29. The number of carbonyl (C=O) groups excluding carboxylic acids is 1. The summed E-state index contributed by atoms with van der Waals surface area (Å²) in [5.41, 5.74) is 0. The van der Waals surface area contributed by atoms with Crippen LogP contribution in [-0.4, -0.2) is 18.6 Å². The molecular formula is C12H17NO3. The maximum atomic E-state index is 11.8. The lowest BCUT2D eigenvalue weighted by atomic mass is 10.2. The van der Waals surface area contributed by atoms with Crippen molar-refractivity contribution in [2.45, 2.75) is 38.8 Å². The van der Waals surface area contributed by atoms with Crippen LogP contribution in [0.3, 0.4) is 0 Å². The van der Waals surface area contributed by atoms with Crippen molar-refractivity contribution < 1.29 is 13.9 Å². The summed E-state index contributed by atoms with van der Waals surface area (Å²) in [5.74, 6) is 1.59. The fraction of sp³-hybridized carbons (Fsp3) is 0.583. The first-order chi connectivity index (χ1) is 7.66. The number of ether oxygens (including phenoxy) is 1. The molecule has 2 unspecified atom stereocenters. The van der Waals surface area contributed by atoms with Crippen molar-refractivity contribution in [1.82, 2.24) is 5.32 Å². The van der Waals surface area contributed by atoms with Gasteiger partial charge in [-0.25, -0.2) is 0 Å². The minimum atomic E-state index is -0.279. The molecule has 1 aliphatic heterocycles. The molecule has 0 bridgehead atoms. The fourth-order valence-electron chi connectivity index (χ4n) is 1.85. The number of carbonyl (C=O) groups is 1. The molecule has 1 amide bonds. The highest BCUT2D eigenvalue weighted by Crippen LogP contribution is 2.17. The van der Waals surface area contributed by atoms with Crippen LogP contribution in [0.4, 0.5) is 0 Å². The standard InChI is InChI=1S/C12H17NO3/c1-8-5-6-10(16-8)9(2)13-12(14)11-4-3-7-15-11/h5-6,9,11H,3-4,7H2,1-2H3,(H,13,14). The predicted octanol–water partition coefficient (Wildman–Crippen LogP) is 1.94. The van der Waals surface area contributed by atoms with Crippen molar-refractivity contribution >= 4 is 5.91 Å². The Morgan fingerprint density at radius 1 is 1.56 bits per heavy atom. The molecule has 1 aliphatic rings. The molecule has 1 aromatic heterocycles. The number of hydrogen-bond acceptors (Lipinski definition) is 3. The third-order valence-corrected chi connectivity index (χ3v) is 2.77. The van der Waals surface area contributed by atoms with Gasteiger partial charge in [0.2, 0.25) is 5.91 Å². The van der Waals surface area contributed by atoms with E-state index in [-0.39, 0.29) is 18.1 Å². The Morgan fingerprint density at radius 3 is 2.94 bits per heavy atom. The van der Waals surface area contributed by atoms with Gasteiger partial charge in [-0.15, -0.1) is 0 Å². The van der Waals surface area contributed by atoms with Crippen LogP contribution >= 0.6 is 0 Å². The minimum Gasteiger partial charge on any atom is -0.464 e. The Labute approximate surface area is 95.0 Å². The molecule has 1 N–H and O–H groups in total. The highest BCUT2D eigenvalue weighted by Gasteiger charge is 2.25. The lowest BCUT2D eigenvalue weighted by Gasteiger charge is -2.14. The average Bonchev–Trinajstić information content (AvgIpc) is 2.87. The topological polar surface area (TPSA) is 51.5 Å². The molecule has 16 heavy (non-hydrogen) atoms. The normalized spacial score (nSPS) is 22.0. The molecule has 1 fully saturated rings. The molecule has 2 heterocycles. The zero-order valence-corrected chi connectivity index (χ0v) is 9.66. The van der Waals surface area contributed by atoms with Gasteiger partial charge in [0.05, 0.1) is 6.04 Å². The molecule has 0 saturated carbocycles. The number of furan rings is 1. The number of hydrogen-bond donors (Lipinski definition) is 1. The van der Waals surface area contributed by atoms with Crippen molar-refractivity contribution in [3.63, 3.8) is 0 Å². The second-order valence-corrected chi connectivity index (χ2v) is 4.18. The zero-order chi connectivity index (χ0) is 11.5. The molecule has 0 radical (unpaired) electrons. The van der Waals surface area contributed by atoms with Crippen LogP contribution in [0.5, 0.6) is 0 Å². The Bertz CT molecular complexity index is 366. The van der Waals surface area contributed by atoms with Crippen LogP contribution in [0, 0.1) is 6.92 Å². The first-order valence-corrected chi connectivity index (χ1v) is 5.65. The molecule has 1 saturated heterocycles. The summed E-state index contributed by atoms with van der Waals surface area (Å²) >= 11 is 0. The molecule has 1 aromatic rings. The summed E-state index contributed by atoms with van der Waals surface area (Å²) < 4.78 is 10.8. The average molecular weight is 223 g/mol. The first-order valence-electron chi connectivity index (χ1n) is 5.65. The number of rotatable bonds is 3. The lowest BCUT2D eigenvalue weighted by molar-refractivity contribution is -0.130. The van der Waals surface area contributed by atoms with E-state index < -0.39 is 0 Å². The van der Waals surface area contributed by atoms with E-state index in [4.69, 9.17) is 9.15 Å². The van der Waals surface area contributed by atoms with E-state index in [0.29, 0.717) is 6.61 Å². The van der Waals surface area contributed by atoms with Crippen LogP contribution in [-0.2, 0) is 9.53 Å². The third-order valence-electron chi connectivity index (χ3n) is 2.77. The highest BCUT2D eigenvalue weighted by molar-refractivity contribution is 5.81. The molecule has 2 atom stereocenters. The number of amides is 1. The van der Waals surface area contributed by atoms with Gasteiger partial charge in [0.1, 0.15) is 17.6 Å². The van der Waals surface area contributed by atoms with E-state index in [0.717, 1.165) is 24.4 Å². The summed E-state index contributed by atoms with van der Waals surface area (Å²) in [5, 5.41) is 2.89. The number of aryl methyl sites for hydroxylation is 1. The summed E-state index contributed by atoms with van der Waals surface area (Å²) in [6, 6.07) is 3.67. The third kappa shape index (κ3) is 2.44. The van der Waals surface area contributed by atoms with Gasteiger partial charge in [-0.3, -0.25) is 4.79 Å². The maximum Gasteiger partial charge on any atom is 0.249 e. The van der Waals surface area contributed by atoms with Gasteiger partial charge >= 0.3 is 0 Å². The number of nitrogens with one attached hydrogen (secondary N) is 1. The second kappa shape index (κ2) is 4.70. The van der Waals surface area contributed by atoms with Crippen LogP contribution in [0.2, 0.25) is 0 Å². The van der Waals surface area contributed by atoms with Gasteiger partial charge in [0.25, 0.3) is 0 Å². The van der Waals surface area contributed by atoms with Crippen LogP contribution < -0.4 is 5.32 Å². The SMILES string of the molecule is Cc1ccc(C(C)NC(=O)C2CCCO2)o1. The minimum absolute atomic E-state index is 0.0425. The molecule has 2 rings (SSSR count). The van der Waals surface area contributed by atoms with E-state index in [1.165, 1.54) is 0 Å². The lowest BCUT2D eigenvalue weighted by Crippen LogP contribution is -2.35. The van der Waals surface area contributed by atoms with E-state index in [9.17, 15) is 4.79 Å². The van der Waals surface area contributed by atoms with Crippen molar-refractivity contribution in [3.05, 3.63) is 23.7 Å². The fourth-order valence-corrected chi connectivity index (χ4v) is 1.85. The van der Waals surface area contributed by atoms with Gasteiger partial charge in [0.15, 0.2) is 0 Å². The summed E-state index contributed by atoms with van der Waals surface area (Å²) in [7, 11) is 0. The van der Waals surface area contributed by atoms with Crippen molar-refractivity contribution in [1.29, 1.82) is 0 Å². The molecule has 0 aliphatic carbocycles. The monoisotopic (exact) mass is 223 g/mol. The maximum absolute atomic E-state index is 11.8. The van der Waals surface area contributed by atoms with E-state index >= 15 is 0 Å². The van der Waals surface area contributed by atoms with Crippen LogP contribution in [0.25, 0.3) is 0 Å². The van der Waals surface area contributed by atoms with E-state index in [1.54, 1.807) is 0 Å². The largest absolute Gasteiger partial charge is 0.464 e. The van der Waals surface area contributed by atoms with Crippen molar-refractivity contribution in [3.8, 4) is 0 Å². The molecule has 0 aromatic carbocycles. The highest BCUT2D eigenvalue weighted by atomic mass is 16.5. The molecule has 4 nitrogen and oxygen atoms in total. The molecule has 0 spiro atoms. The first kappa shape index (κ1) is 11.2. The smallest absolute Gasteiger partial charge is 0.249 e. The van der Waals surface area contributed by atoms with Gasteiger partial charge in [0, 0.05) is 6.61 Å². The van der Waals surface area contributed by atoms with E-state index in [2.05, 4.69) is 5.32 Å². The van der Waals surface area contributed by atoms with Gasteiger partial charge in [-0.1, -0.05) is 0 Å². The molecular weight excluding hydrogens is 206 g/mol. The Morgan fingerprint density at radius 2 is 2.38 bits per heavy atom. The van der Waals surface area contributed by atoms with E-state index in [1.807, 2.05) is 26.0 Å². The molecule has 88 valence electrons. The Kier molecular flexibility index (Phi) is 3.29. The van der Waals surface area contributed by atoms with Crippen LogP contribution in [0.1, 0.15) is 37.3 Å². The summed E-state index contributed by atoms with van der Waals surface area (Å²) in [6.07, 6.45) is 1.50. The zero-order valence-electron chi connectivity index (χ0n) is 9.66. The van der Waals surface area contributed by atoms with Crippen molar-refractivity contribution in [2.75, 3.05) is 6.61 Å². The second-order valence-electron chi connectivity index (χ2n) is 4.18. The van der Waals surface area contributed by atoms with Gasteiger partial charge in [-0.2, -0.15) is 0 Å². The predicted molar refractivity (Wildman–Crippen MR) is 59.0 cm³/mol. The molecule has 4 heteroatoms. The summed E-state index contributed by atoms with van der Waals surface area (Å²) in [6.45, 7) is 4.48. The Balaban J connectivity index is 1.91.